The molecule has 0 saturated carbocycles. The first-order valence-electron chi connectivity index (χ1n) is 7.19. The van der Waals surface area contributed by atoms with Gasteiger partial charge in [0.15, 0.2) is 5.69 Å². The van der Waals surface area contributed by atoms with E-state index in [1.807, 2.05) is 30.3 Å². The van der Waals surface area contributed by atoms with Crippen LogP contribution in [0.2, 0.25) is 0 Å². The molecule has 0 spiro atoms. The van der Waals surface area contributed by atoms with Crippen molar-refractivity contribution in [1.29, 1.82) is 0 Å². The summed E-state index contributed by atoms with van der Waals surface area (Å²) < 4.78 is 2.04. The molecule has 0 bridgehead atoms. The number of carboxylic acid groups (broad SMARTS) is 1. The fourth-order valence-electron chi connectivity index (χ4n) is 1.98. The zero-order valence-electron chi connectivity index (χ0n) is 13.4. The number of hydrogen-bond donors (Lipinski definition) is 3. The summed E-state index contributed by atoms with van der Waals surface area (Å²) >= 11 is 4.34. The Balaban J connectivity index is 0.000000552. The number of carboxylic acids is 1. The number of rotatable bonds is 2. The van der Waals surface area contributed by atoms with E-state index in [0.717, 1.165) is 25.0 Å². The SMILES string of the molecule is CC(=O)O.O=C(N=Nc1c(O)[nH]c2ccc(I)cc12)c1ccc(I)cc1. The molecule has 0 saturated heterocycles. The highest BCUT2D eigenvalue weighted by molar-refractivity contribution is 14.1. The van der Waals surface area contributed by atoms with E-state index < -0.39 is 11.9 Å². The number of nitrogens with zero attached hydrogens (tertiary/aromatic N) is 2. The maximum Gasteiger partial charge on any atom is 0.300 e. The van der Waals surface area contributed by atoms with E-state index in [2.05, 4.69) is 60.4 Å². The minimum atomic E-state index is -0.833. The summed E-state index contributed by atoms with van der Waals surface area (Å²) in [6.45, 7) is 1.08. The van der Waals surface area contributed by atoms with Gasteiger partial charge in [-0.2, -0.15) is 0 Å². The average Bonchev–Trinajstić information content (AvgIpc) is 2.87. The molecule has 2 aromatic carbocycles. The maximum absolute atomic E-state index is 12.0. The molecular weight excluding hydrogens is 564 g/mol. The number of H-pyrrole nitrogens is 1. The molecule has 0 radical (unpaired) electrons. The van der Waals surface area contributed by atoms with Crippen LogP contribution in [-0.4, -0.2) is 27.1 Å². The Morgan fingerprint density at radius 3 is 2.23 bits per heavy atom. The van der Waals surface area contributed by atoms with Gasteiger partial charge >= 0.3 is 0 Å². The monoisotopic (exact) mass is 577 g/mol. The zero-order chi connectivity index (χ0) is 19.3. The first kappa shape index (κ1) is 20.3. The molecule has 7 nitrogen and oxygen atoms in total. The molecule has 0 aliphatic carbocycles. The van der Waals surface area contributed by atoms with Gasteiger partial charge in [-0.25, -0.2) is 0 Å². The second-order valence-electron chi connectivity index (χ2n) is 5.04. The average molecular weight is 577 g/mol. The lowest BCUT2D eigenvalue weighted by Gasteiger charge is -1.95. The van der Waals surface area contributed by atoms with Crippen LogP contribution in [0, 0.1) is 7.14 Å². The van der Waals surface area contributed by atoms with E-state index in [-0.39, 0.29) is 11.6 Å². The molecule has 134 valence electrons. The lowest BCUT2D eigenvalue weighted by atomic mass is 10.2. The molecule has 0 aliphatic rings. The lowest BCUT2D eigenvalue weighted by Crippen LogP contribution is -1.92. The van der Waals surface area contributed by atoms with E-state index in [4.69, 9.17) is 9.90 Å². The largest absolute Gasteiger partial charge is 0.493 e. The van der Waals surface area contributed by atoms with Crippen molar-refractivity contribution in [3.63, 3.8) is 0 Å². The number of aromatic amines is 1. The topological polar surface area (TPSA) is 115 Å². The van der Waals surface area contributed by atoms with Crippen molar-refractivity contribution in [2.75, 3.05) is 0 Å². The third-order valence-corrected chi connectivity index (χ3v) is 4.44. The Morgan fingerprint density at radius 2 is 1.62 bits per heavy atom. The van der Waals surface area contributed by atoms with Crippen LogP contribution in [0.3, 0.4) is 0 Å². The van der Waals surface area contributed by atoms with Crippen molar-refractivity contribution in [2.45, 2.75) is 6.92 Å². The highest BCUT2D eigenvalue weighted by Gasteiger charge is 2.12. The van der Waals surface area contributed by atoms with Gasteiger partial charge in [0.1, 0.15) is 0 Å². The predicted octanol–water partition coefficient (Wildman–Crippen LogP) is 5.10. The molecule has 9 heteroatoms. The number of aliphatic carboxylic acids is 1. The summed E-state index contributed by atoms with van der Waals surface area (Å²) in [4.78, 5) is 23.8. The lowest BCUT2D eigenvalue weighted by molar-refractivity contribution is -0.134. The molecule has 3 N–H and O–H groups in total. The first-order chi connectivity index (χ1) is 12.3. The van der Waals surface area contributed by atoms with Crippen molar-refractivity contribution >= 4 is 73.6 Å². The van der Waals surface area contributed by atoms with Crippen LogP contribution in [-0.2, 0) is 4.79 Å². The van der Waals surface area contributed by atoms with E-state index in [0.29, 0.717) is 5.56 Å². The minimum Gasteiger partial charge on any atom is -0.493 e. The number of nitrogens with one attached hydrogen (secondary N) is 1. The van der Waals surface area contributed by atoms with Crippen molar-refractivity contribution in [2.24, 2.45) is 10.2 Å². The molecule has 0 unspecified atom stereocenters. The molecule has 3 rings (SSSR count). The van der Waals surface area contributed by atoms with Crippen LogP contribution >= 0.6 is 45.2 Å². The Morgan fingerprint density at radius 1 is 1.04 bits per heavy atom. The molecule has 0 fully saturated rings. The van der Waals surface area contributed by atoms with Gasteiger partial charge in [0, 0.05) is 25.0 Å². The van der Waals surface area contributed by atoms with Crippen LogP contribution in [0.5, 0.6) is 5.88 Å². The Hall–Kier alpha value is -2.02. The van der Waals surface area contributed by atoms with Gasteiger partial charge in [0.25, 0.3) is 11.9 Å². The first-order valence-corrected chi connectivity index (χ1v) is 9.35. The number of benzene rings is 2. The number of aromatic hydroxyl groups is 1. The number of fused-ring (bicyclic) bond motifs is 1. The fraction of sp³-hybridized carbons (Fsp3) is 0.0588. The summed E-state index contributed by atoms with van der Waals surface area (Å²) in [5, 5.41) is 25.7. The number of carbonyl (C=O) groups excluding carboxylic acids is 1. The molecule has 1 heterocycles. The summed E-state index contributed by atoms with van der Waals surface area (Å²) in [7, 11) is 0. The van der Waals surface area contributed by atoms with Gasteiger partial charge in [-0.05, 0) is 87.6 Å². The minimum absolute atomic E-state index is 0.101. The van der Waals surface area contributed by atoms with Gasteiger partial charge in [-0.1, -0.05) is 0 Å². The number of aromatic nitrogens is 1. The van der Waals surface area contributed by atoms with Crippen LogP contribution in [0.15, 0.2) is 52.7 Å². The van der Waals surface area contributed by atoms with Crippen LogP contribution < -0.4 is 0 Å². The molecule has 1 aromatic heterocycles. The second-order valence-corrected chi connectivity index (χ2v) is 7.53. The molecule has 3 aromatic rings. The van der Waals surface area contributed by atoms with E-state index in [9.17, 15) is 9.90 Å². The number of azo groups is 1. The molecule has 0 aliphatic heterocycles. The van der Waals surface area contributed by atoms with Gasteiger partial charge in [-0.15, -0.1) is 10.2 Å². The summed E-state index contributed by atoms with van der Waals surface area (Å²) in [5.41, 5.74) is 1.47. The van der Waals surface area contributed by atoms with Crippen LogP contribution in [0.4, 0.5) is 5.69 Å². The number of carbonyl (C=O) groups is 2. The Bertz CT molecular complexity index is 978. The number of hydrogen-bond acceptors (Lipinski definition) is 4. The normalized spacial score (nSPS) is 10.6. The van der Waals surface area contributed by atoms with E-state index >= 15 is 0 Å². The van der Waals surface area contributed by atoms with Crippen molar-refractivity contribution in [3.8, 4) is 5.88 Å². The summed E-state index contributed by atoms with van der Waals surface area (Å²) in [6.07, 6.45) is 0. The Kier molecular flexibility index (Phi) is 7.08. The quantitative estimate of drug-likeness (QED) is 0.291. The third kappa shape index (κ3) is 5.49. The smallest absolute Gasteiger partial charge is 0.300 e. The van der Waals surface area contributed by atoms with Crippen LogP contribution in [0.1, 0.15) is 17.3 Å². The highest BCUT2D eigenvalue weighted by Crippen LogP contribution is 2.36. The molecule has 1 amide bonds. The van der Waals surface area contributed by atoms with Gasteiger partial charge in [0.05, 0.1) is 5.52 Å². The van der Waals surface area contributed by atoms with Crippen molar-refractivity contribution < 1.29 is 19.8 Å². The van der Waals surface area contributed by atoms with Crippen molar-refractivity contribution in [1.82, 2.24) is 4.98 Å². The van der Waals surface area contributed by atoms with Gasteiger partial charge < -0.3 is 15.2 Å². The molecular formula is C17H13I2N3O4. The summed E-state index contributed by atoms with van der Waals surface area (Å²) in [6, 6.07) is 12.7. The highest BCUT2D eigenvalue weighted by atomic mass is 127. The predicted molar refractivity (Wildman–Crippen MR) is 114 cm³/mol. The molecule has 26 heavy (non-hydrogen) atoms. The molecule has 0 atom stereocenters. The maximum atomic E-state index is 12.0. The zero-order valence-corrected chi connectivity index (χ0v) is 17.7. The third-order valence-electron chi connectivity index (χ3n) is 3.05. The fourth-order valence-corrected chi connectivity index (χ4v) is 2.83. The number of amides is 1. The van der Waals surface area contributed by atoms with Gasteiger partial charge in [-0.3, -0.25) is 9.59 Å². The van der Waals surface area contributed by atoms with Crippen LogP contribution in [0.25, 0.3) is 10.9 Å². The standard InChI is InChI=1S/C15H9I2N3O2.C2H4O2/c16-9-3-1-8(2-4-9)14(21)20-19-13-11-7-10(17)5-6-12(11)18-15(13)22;1-2(3)4/h1-7,18,22H;1H3,(H,3,4). The van der Waals surface area contributed by atoms with E-state index in [1.54, 1.807) is 12.1 Å². The second kappa shape index (κ2) is 9.07. The van der Waals surface area contributed by atoms with E-state index in [1.165, 1.54) is 0 Å². The van der Waals surface area contributed by atoms with Crippen molar-refractivity contribution in [3.05, 3.63) is 55.2 Å². The van der Waals surface area contributed by atoms with Gasteiger partial charge in [0.2, 0.25) is 5.88 Å². The summed E-state index contributed by atoms with van der Waals surface area (Å²) in [5.74, 6) is -1.38. The Labute approximate surface area is 175 Å². The number of halogens is 2.